The Bertz CT molecular complexity index is 757. The van der Waals surface area contributed by atoms with Gasteiger partial charge in [0.1, 0.15) is 5.75 Å². The van der Waals surface area contributed by atoms with E-state index in [1.807, 2.05) is 12.1 Å². The summed E-state index contributed by atoms with van der Waals surface area (Å²) in [5.74, 6) is 1.78. The van der Waals surface area contributed by atoms with Gasteiger partial charge in [-0.3, -0.25) is 4.90 Å². The zero-order valence-corrected chi connectivity index (χ0v) is 13.5. The van der Waals surface area contributed by atoms with Crippen LogP contribution in [0, 0.1) is 0 Å². The summed E-state index contributed by atoms with van der Waals surface area (Å²) in [6.07, 6.45) is 1.94. The molecule has 0 aliphatic carbocycles. The molecule has 1 N–H and O–H groups in total. The number of methoxy groups -OCH3 is 2. The zero-order chi connectivity index (χ0) is 16.0. The minimum Gasteiger partial charge on any atom is -0.504 e. The zero-order valence-electron chi connectivity index (χ0n) is 13.5. The van der Waals surface area contributed by atoms with Crippen LogP contribution in [0.3, 0.4) is 0 Å². The number of rotatable bonds is 2. The second-order valence-electron chi connectivity index (χ2n) is 6.26. The first-order valence-corrected chi connectivity index (χ1v) is 8.00. The Labute approximate surface area is 136 Å². The van der Waals surface area contributed by atoms with Crippen molar-refractivity contribution in [1.29, 1.82) is 0 Å². The maximum Gasteiger partial charge on any atom is 0.162 e. The van der Waals surface area contributed by atoms with Gasteiger partial charge in [0.2, 0.25) is 0 Å². The fourth-order valence-corrected chi connectivity index (χ4v) is 3.90. The Kier molecular flexibility index (Phi) is 3.42. The average Bonchev–Trinajstić information content (AvgIpc) is 2.60. The predicted molar refractivity (Wildman–Crippen MR) is 88.2 cm³/mol. The molecule has 2 aromatic rings. The standard InChI is InChI=1S/C19H21NO3/c1-22-14-4-5-15-13(9-14)7-8-20-11-16-12(10-17(15)20)3-6-18(23-2)19(16)21/h3-6,9,17,21H,7-8,10-11H2,1-2H3/t17-/m0/s1. The van der Waals surface area contributed by atoms with Gasteiger partial charge in [0, 0.05) is 24.7 Å². The van der Waals surface area contributed by atoms with E-state index in [9.17, 15) is 5.11 Å². The fraction of sp³-hybridized carbons (Fsp3) is 0.368. The molecule has 4 rings (SSSR count). The van der Waals surface area contributed by atoms with E-state index in [2.05, 4.69) is 23.1 Å². The van der Waals surface area contributed by atoms with Gasteiger partial charge in [-0.05, 0) is 47.7 Å². The topological polar surface area (TPSA) is 41.9 Å². The Morgan fingerprint density at radius 2 is 1.96 bits per heavy atom. The summed E-state index contributed by atoms with van der Waals surface area (Å²) >= 11 is 0. The van der Waals surface area contributed by atoms with E-state index >= 15 is 0 Å². The van der Waals surface area contributed by atoms with Crippen LogP contribution >= 0.6 is 0 Å². The predicted octanol–water partition coefficient (Wildman–Crippen LogP) is 3.06. The highest BCUT2D eigenvalue weighted by Crippen LogP contribution is 2.43. The molecule has 23 heavy (non-hydrogen) atoms. The Morgan fingerprint density at radius 1 is 1.09 bits per heavy atom. The van der Waals surface area contributed by atoms with Gasteiger partial charge < -0.3 is 14.6 Å². The van der Waals surface area contributed by atoms with Gasteiger partial charge in [0.25, 0.3) is 0 Å². The summed E-state index contributed by atoms with van der Waals surface area (Å²) < 4.78 is 10.6. The van der Waals surface area contributed by atoms with E-state index in [4.69, 9.17) is 9.47 Å². The molecule has 0 aromatic heterocycles. The molecule has 0 fully saturated rings. The number of ether oxygens (including phenoxy) is 2. The van der Waals surface area contributed by atoms with Crippen LogP contribution in [0.2, 0.25) is 0 Å². The summed E-state index contributed by atoms with van der Waals surface area (Å²) in [6, 6.07) is 10.7. The highest BCUT2D eigenvalue weighted by molar-refractivity contribution is 5.52. The quantitative estimate of drug-likeness (QED) is 0.925. The van der Waals surface area contributed by atoms with E-state index in [-0.39, 0.29) is 0 Å². The van der Waals surface area contributed by atoms with Crippen molar-refractivity contribution < 1.29 is 14.6 Å². The van der Waals surface area contributed by atoms with E-state index in [0.29, 0.717) is 17.5 Å². The highest BCUT2D eigenvalue weighted by Gasteiger charge is 2.33. The van der Waals surface area contributed by atoms with Crippen LogP contribution in [-0.4, -0.2) is 30.8 Å². The SMILES string of the molecule is COc1ccc2c(c1)CCN1Cc3c(ccc(OC)c3O)C[C@@H]21. The van der Waals surface area contributed by atoms with E-state index < -0.39 is 0 Å². The molecule has 120 valence electrons. The molecule has 4 nitrogen and oxygen atoms in total. The van der Waals surface area contributed by atoms with Gasteiger partial charge in [-0.2, -0.15) is 0 Å². The molecular formula is C19H21NO3. The molecule has 2 aliphatic rings. The summed E-state index contributed by atoms with van der Waals surface area (Å²) in [6.45, 7) is 1.77. The van der Waals surface area contributed by atoms with Gasteiger partial charge in [-0.15, -0.1) is 0 Å². The van der Waals surface area contributed by atoms with E-state index in [0.717, 1.165) is 37.2 Å². The number of hydrogen-bond acceptors (Lipinski definition) is 4. The maximum atomic E-state index is 10.4. The molecule has 0 bridgehead atoms. The number of benzene rings is 2. The van der Waals surface area contributed by atoms with Crippen LogP contribution < -0.4 is 9.47 Å². The van der Waals surface area contributed by atoms with Crippen LogP contribution in [0.5, 0.6) is 17.2 Å². The minimum absolute atomic E-state index is 0.295. The molecule has 0 amide bonds. The summed E-state index contributed by atoms with van der Waals surface area (Å²) in [5, 5.41) is 10.4. The number of hydrogen-bond donors (Lipinski definition) is 1. The third kappa shape index (κ3) is 2.25. The van der Waals surface area contributed by atoms with Crippen LogP contribution in [0.25, 0.3) is 0 Å². The lowest BCUT2D eigenvalue weighted by molar-refractivity contribution is 0.158. The number of phenols is 1. The van der Waals surface area contributed by atoms with Crippen molar-refractivity contribution in [3.05, 3.63) is 52.6 Å². The molecule has 0 radical (unpaired) electrons. The fourth-order valence-electron chi connectivity index (χ4n) is 3.90. The second kappa shape index (κ2) is 5.46. The minimum atomic E-state index is 0.295. The van der Waals surface area contributed by atoms with E-state index in [1.54, 1.807) is 14.2 Å². The van der Waals surface area contributed by atoms with E-state index in [1.165, 1.54) is 16.7 Å². The monoisotopic (exact) mass is 311 g/mol. The lowest BCUT2D eigenvalue weighted by atomic mass is 9.83. The molecule has 0 saturated carbocycles. The third-order valence-corrected chi connectivity index (χ3v) is 5.16. The molecule has 0 unspecified atom stereocenters. The van der Waals surface area contributed by atoms with Gasteiger partial charge in [0.15, 0.2) is 11.5 Å². The number of fused-ring (bicyclic) bond motifs is 4. The lowest BCUT2D eigenvalue weighted by Gasteiger charge is -2.41. The first-order valence-electron chi connectivity index (χ1n) is 8.00. The molecule has 2 aliphatic heterocycles. The maximum absolute atomic E-state index is 10.4. The van der Waals surface area contributed by atoms with Crippen molar-refractivity contribution in [2.45, 2.75) is 25.4 Å². The van der Waals surface area contributed by atoms with Crippen molar-refractivity contribution >= 4 is 0 Å². The van der Waals surface area contributed by atoms with Gasteiger partial charge in [0.05, 0.1) is 14.2 Å². The van der Waals surface area contributed by atoms with Gasteiger partial charge in [-0.25, -0.2) is 0 Å². The van der Waals surface area contributed by atoms with Crippen LogP contribution in [0.15, 0.2) is 30.3 Å². The Hall–Kier alpha value is -2.20. The van der Waals surface area contributed by atoms with Crippen LogP contribution in [0.4, 0.5) is 0 Å². The van der Waals surface area contributed by atoms with Crippen LogP contribution in [-0.2, 0) is 19.4 Å². The first kappa shape index (κ1) is 14.4. The van der Waals surface area contributed by atoms with Crippen molar-refractivity contribution in [3.8, 4) is 17.2 Å². The average molecular weight is 311 g/mol. The molecule has 1 atom stereocenters. The molecule has 0 saturated heterocycles. The first-order chi connectivity index (χ1) is 11.2. The summed E-state index contributed by atoms with van der Waals surface area (Å²) in [4.78, 5) is 2.45. The smallest absolute Gasteiger partial charge is 0.162 e. The highest BCUT2D eigenvalue weighted by atomic mass is 16.5. The Balaban J connectivity index is 1.73. The Morgan fingerprint density at radius 3 is 2.74 bits per heavy atom. The van der Waals surface area contributed by atoms with Crippen molar-refractivity contribution in [1.82, 2.24) is 4.90 Å². The molecule has 2 aromatic carbocycles. The largest absolute Gasteiger partial charge is 0.504 e. The van der Waals surface area contributed by atoms with Gasteiger partial charge >= 0.3 is 0 Å². The lowest BCUT2D eigenvalue weighted by Crippen LogP contribution is -2.39. The van der Waals surface area contributed by atoms with Gasteiger partial charge in [-0.1, -0.05) is 12.1 Å². The van der Waals surface area contributed by atoms with Crippen molar-refractivity contribution in [3.63, 3.8) is 0 Å². The normalized spacial score (nSPS) is 19.5. The molecule has 2 heterocycles. The third-order valence-electron chi connectivity index (χ3n) is 5.16. The molecule has 4 heteroatoms. The number of phenolic OH excluding ortho intramolecular Hbond substituents is 1. The number of nitrogens with zero attached hydrogens (tertiary/aromatic N) is 1. The number of aromatic hydroxyl groups is 1. The van der Waals surface area contributed by atoms with Crippen molar-refractivity contribution in [2.24, 2.45) is 0 Å². The van der Waals surface area contributed by atoms with Crippen molar-refractivity contribution in [2.75, 3.05) is 20.8 Å². The summed E-state index contributed by atoms with van der Waals surface area (Å²) in [7, 11) is 3.31. The second-order valence-corrected chi connectivity index (χ2v) is 6.26. The van der Waals surface area contributed by atoms with Crippen LogP contribution in [0.1, 0.15) is 28.3 Å². The molecule has 0 spiro atoms. The summed E-state index contributed by atoms with van der Waals surface area (Å²) in [5.41, 5.74) is 5.00. The molecular weight excluding hydrogens is 290 g/mol.